The summed E-state index contributed by atoms with van der Waals surface area (Å²) < 4.78 is 16.6. The maximum absolute atomic E-state index is 11.2. The minimum absolute atomic E-state index is 0.427. The molecule has 1 atom stereocenters. The smallest absolute Gasteiger partial charge is 0.346 e. The average molecular weight is 368 g/mol. The molecule has 0 aromatic heterocycles. The number of methoxy groups -OCH3 is 2. The second-order valence-corrected chi connectivity index (χ2v) is 4.91. The van der Waals surface area contributed by atoms with Crippen molar-refractivity contribution in [2.75, 3.05) is 14.2 Å². The normalized spacial score (nSPS) is 11.8. The van der Waals surface area contributed by atoms with Crippen molar-refractivity contribution in [1.29, 1.82) is 0 Å². The first kappa shape index (κ1) is 14.3. The van der Waals surface area contributed by atoms with Crippen LogP contribution in [0.1, 0.15) is 6.92 Å². The number of halogens is 2. The number of esters is 1. The Labute approximate surface area is 116 Å². The van der Waals surface area contributed by atoms with E-state index in [2.05, 4.69) is 36.6 Å². The van der Waals surface area contributed by atoms with E-state index in [4.69, 9.17) is 9.47 Å². The maximum atomic E-state index is 11.2. The zero-order valence-electron chi connectivity index (χ0n) is 9.62. The molecule has 1 rings (SSSR count). The summed E-state index contributed by atoms with van der Waals surface area (Å²) in [6.45, 7) is 1.62. The monoisotopic (exact) mass is 366 g/mol. The Morgan fingerprint density at radius 1 is 1.18 bits per heavy atom. The molecule has 0 fully saturated rings. The Hall–Kier alpha value is -0.750. The molecule has 0 aliphatic rings. The van der Waals surface area contributed by atoms with Crippen LogP contribution in [-0.2, 0) is 9.53 Å². The fraction of sp³-hybridized carbons (Fsp3) is 0.364. The zero-order valence-corrected chi connectivity index (χ0v) is 12.8. The van der Waals surface area contributed by atoms with Crippen LogP contribution in [0.3, 0.4) is 0 Å². The molecule has 4 nitrogen and oxygen atoms in total. The van der Waals surface area contributed by atoms with Crippen molar-refractivity contribution in [2.24, 2.45) is 0 Å². The highest BCUT2D eigenvalue weighted by Gasteiger charge is 2.17. The van der Waals surface area contributed by atoms with Gasteiger partial charge in [-0.05, 0) is 50.9 Å². The molecule has 0 saturated heterocycles. The molecule has 6 heteroatoms. The molecule has 0 saturated carbocycles. The number of carbonyl (C=O) groups is 1. The van der Waals surface area contributed by atoms with Crippen LogP contribution in [0, 0.1) is 0 Å². The molecule has 17 heavy (non-hydrogen) atoms. The van der Waals surface area contributed by atoms with E-state index in [1.165, 1.54) is 7.11 Å². The Morgan fingerprint density at radius 3 is 2.24 bits per heavy atom. The molecule has 1 aromatic rings. The first-order valence-electron chi connectivity index (χ1n) is 4.77. The Bertz CT molecular complexity index is 420. The standard InChI is InChI=1S/C11H12Br2O4/c1-6(11(14)16-3)17-10-5-7(12)9(15-2)4-8(10)13/h4-6H,1-3H3/t6-/m0/s1. The van der Waals surface area contributed by atoms with Crippen molar-refractivity contribution in [3.63, 3.8) is 0 Å². The minimum atomic E-state index is -0.670. The SMILES string of the molecule is COC(=O)[C@H](C)Oc1cc(Br)c(OC)cc1Br. The third-order valence-electron chi connectivity index (χ3n) is 2.04. The van der Waals surface area contributed by atoms with Gasteiger partial charge in [0.1, 0.15) is 11.5 Å². The second kappa shape index (κ2) is 6.26. The van der Waals surface area contributed by atoms with Crippen LogP contribution in [0.15, 0.2) is 21.1 Å². The van der Waals surface area contributed by atoms with Crippen molar-refractivity contribution in [3.8, 4) is 11.5 Å². The van der Waals surface area contributed by atoms with Gasteiger partial charge in [-0.1, -0.05) is 0 Å². The number of rotatable bonds is 4. The summed E-state index contributed by atoms with van der Waals surface area (Å²) in [5.74, 6) is 0.786. The van der Waals surface area contributed by atoms with E-state index < -0.39 is 12.1 Å². The largest absolute Gasteiger partial charge is 0.496 e. The predicted molar refractivity (Wildman–Crippen MR) is 70.5 cm³/mol. The van der Waals surface area contributed by atoms with Crippen molar-refractivity contribution in [2.45, 2.75) is 13.0 Å². The molecule has 0 N–H and O–H groups in total. The molecule has 0 radical (unpaired) electrons. The van der Waals surface area contributed by atoms with Crippen molar-refractivity contribution >= 4 is 37.8 Å². The molecule has 0 aliphatic heterocycles. The van der Waals surface area contributed by atoms with Gasteiger partial charge in [0.2, 0.25) is 0 Å². The van der Waals surface area contributed by atoms with Crippen LogP contribution in [0.25, 0.3) is 0 Å². The van der Waals surface area contributed by atoms with E-state index >= 15 is 0 Å². The topological polar surface area (TPSA) is 44.8 Å². The summed E-state index contributed by atoms with van der Waals surface area (Å²) in [5, 5.41) is 0. The highest BCUT2D eigenvalue weighted by atomic mass is 79.9. The van der Waals surface area contributed by atoms with Gasteiger partial charge >= 0.3 is 5.97 Å². The number of hydrogen-bond acceptors (Lipinski definition) is 4. The highest BCUT2D eigenvalue weighted by Crippen LogP contribution is 2.36. The Balaban J connectivity index is 2.92. The van der Waals surface area contributed by atoms with E-state index in [1.807, 2.05) is 0 Å². The minimum Gasteiger partial charge on any atom is -0.496 e. The molecule has 94 valence electrons. The van der Waals surface area contributed by atoms with Gasteiger partial charge in [0.05, 0.1) is 23.2 Å². The third-order valence-corrected chi connectivity index (χ3v) is 3.28. The summed E-state index contributed by atoms with van der Waals surface area (Å²) in [6, 6.07) is 3.48. The summed E-state index contributed by atoms with van der Waals surface area (Å²) in [6.07, 6.45) is -0.670. The van der Waals surface area contributed by atoms with Gasteiger partial charge in [-0.3, -0.25) is 0 Å². The predicted octanol–water partition coefficient (Wildman–Crippen LogP) is 3.16. The lowest BCUT2D eigenvalue weighted by Crippen LogP contribution is -2.25. The number of hydrogen-bond donors (Lipinski definition) is 0. The van der Waals surface area contributed by atoms with Gasteiger partial charge in [-0.2, -0.15) is 0 Å². The van der Waals surface area contributed by atoms with Crippen molar-refractivity contribution in [1.82, 2.24) is 0 Å². The molecule has 0 unspecified atom stereocenters. The lowest BCUT2D eigenvalue weighted by Gasteiger charge is -2.15. The summed E-state index contributed by atoms with van der Waals surface area (Å²) in [7, 11) is 2.89. The Morgan fingerprint density at radius 2 is 1.71 bits per heavy atom. The van der Waals surface area contributed by atoms with E-state index in [0.29, 0.717) is 16.0 Å². The average Bonchev–Trinajstić information content (AvgIpc) is 2.32. The molecule has 0 amide bonds. The number of ether oxygens (including phenoxy) is 3. The van der Waals surface area contributed by atoms with Gasteiger partial charge < -0.3 is 14.2 Å². The lowest BCUT2D eigenvalue weighted by molar-refractivity contribution is -0.147. The second-order valence-electron chi connectivity index (χ2n) is 3.20. The quantitative estimate of drug-likeness (QED) is 0.767. The molecule has 0 spiro atoms. The summed E-state index contributed by atoms with van der Waals surface area (Å²) >= 11 is 6.69. The molecule has 0 heterocycles. The van der Waals surface area contributed by atoms with Crippen LogP contribution in [0.2, 0.25) is 0 Å². The molecule has 0 aliphatic carbocycles. The van der Waals surface area contributed by atoms with E-state index in [0.717, 1.165) is 4.47 Å². The third kappa shape index (κ3) is 3.61. The van der Waals surface area contributed by atoms with E-state index in [1.54, 1.807) is 26.2 Å². The van der Waals surface area contributed by atoms with Crippen LogP contribution >= 0.6 is 31.9 Å². The van der Waals surface area contributed by atoms with E-state index in [9.17, 15) is 4.79 Å². The Kier molecular flexibility index (Phi) is 5.27. The first-order chi connectivity index (χ1) is 7.99. The number of benzene rings is 1. The molecular formula is C11H12Br2O4. The van der Waals surface area contributed by atoms with Gasteiger partial charge in [0, 0.05) is 0 Å². The summed E-state index contributed by atoms with van der Waals surface area (Å²) in [4.78, 5) is 11.2. The molecule has 0 bridgehead atoms. The molecule has 1 aromatic carbocycles. The summed E-state index contributed by atoms with van der Waals surface area (Å²) in [5.41, 5.74) is 0. The van der Waals surface area contributed by atoms with Crippen molar-refractivity contribution in [3.05, 3.63) is 21.1 Å². The van der Waals surface area contributed by atoms with Crippen LogP contribution in [0.4, 0.5) is 0 Å². The molecular weight excluding hydrogens is 356 g/mol. The van der Waals surface area contributed by atoms with Crippen LogP contribution < -0.4 is 9.47 Å². The first-order valence-corrected chi connectivity index (χ1v) is 6.35. The van der Waals surface area contributed by atoms with Crippen LogP contribution in [0.5, 0.6) is 11.5 Å². The van der Waals surface area contributed by atoms with Gasteiger partial charge in [0.25, 0.3) is 0 Å². The highest BCUT2D eigenvalue weighted by molar-refractivity contribution is 9.11. The van der Waals surface area contributed by atoms with E-state index in [-0.39, 0.29) is 0 Å². The van der Waals surface area contributed by atoms with Gasteiger partial charge in [-0.15, -0.1) is 0 Å². The van der Waals surface area contributed by atoms with Gasteiger partial charge in [0.15, 0.2) is 6.10 Å². The maximum Gasteiger partial charge on any atom is 0.346 e. The number of carbonyl (C=O) groups excluding carboxylic acids is 1. The fourth-order valence-electron chi connectivity index (χ4n) is 1.16. The van der Waals surface area contributed by atoms with Crippen molar-refractivity contribution < 1.29 is 19.0 Å². The fourth-order valence-corrected chi connectivity index (χ4v) is 2.06. The van der Waals surface area contributed by atoms with Crippen LogP contribution in [-0.4, -0.2) is 26.3 Å². The van der Waals surface area contributed by atoms with Gasteiger partial charge in [-0.25, -0.2) is 4.79 Å². The lowest BCUT2D eigenvalue weighted by atomic mass is 10.3. The zero-order chi connectivity index (χ0) is 13.0.